The van der Waals surface area contributed by atoms with E-state index in [0.29, 0.717) is 5.56 Å². The van der Waals surface area contributed by atoms with Crippen molar-refractivity contribution in [3.8, 4) is 0 Å². The number of carbonyl (C=O) groups excluding carboxylic acids is 1. The zero-order valence-corrected chi connectivity index (χ0v) is 10.4. The molecule has 4 nitrogen and oxygen atoms in total. The van der Waals surface area contributed by atoms with E-state index < -0.39 is 11.5 Å². The summed E-state index contributed by atoms with van der Waals surface area (Å²) in [4.78, 5) is 27.3. The van der Waals surface area contributed by atoms with E-state index in [0.717, 1.165) is 0 Å². The highest BCUT2D eigenvalue weighted by molar-refractivity contribution is 5.93. The maximum absolute atomic E-state index is 13.5. The van der Waals surface area contributed by atoms with Crippen molar-refractivity contribution in [3.63, 3.8) is 0 Å². The fourth-order valence-electron chi connectivity index (χ4n) is 1.75. The standard InChI is InChI=1S/C14H13FN2O2/c1-17(9-10-5-2-3-7-12(10)15)14(19)11-6-4-8-16-13(11)18/h2-8H,9H2,1H3,(H,16,18). The van der Waals surface area contributed by atoms with Gasteiger partial charge in [-0.15, -0.1) is 0 Å². The lowest BCUT2D eigenvalue weighted by Crippen LogP contribution is -2.31. The minimum Gasteiger partial charge on any atom is -0.337 e. The van der Waals surface area contributed by atoms with Gasteiger partial charge in [0.2, 0.25) is 0 Å². The van der Waals surface area contributed by atoms with Crippen LogP contribution in [0.5, 0.6) is 0 Å². The number of carbonyl (C=O) groups is 1. The summed E-state index contributed by atoms with van der Waals surface area (Å²) in [5, 5.41) is 0. The van der Waals surface area contributed by atoms with Crippen molar-refractivity contribution >= 4 is 5.91 Å². The topological polar surface area (TPSA) is 53.2 Å². The van der Waals surface area contributed by atoms with Crippen LogP contribution in [0.3, 0.4) is 0 Å². The summed E-state index contributed by atoms with van der Waals surface area (Å²) < 4.78 is 13.5. The van der Waals surface area contributed by atoms with E-state index in [9.17, 15) is 14.0 Å². The monoisotopic (exact) mass is 260 g/mol. The van der Waals surface area contributed by atoms with Crippen LogP contribution in [0.4, 0.5) is 4.39 Å². The van der Waals surface area contributed by atoms with Gasteiger partial charge < -0.3 is 9.88 Å². The Morgan fingerprint density at radius 2 is 2.00 bits per heavy atom. The molecular weight excluding hydrogens is 247 g/mol. The molecule has 0 aliphatic heterocycles. The van der Waals surface area contributed by atoms with Gasteiger partial charge in [0.25, 0.3) is 11.5 Å². The van der Waals surface area contributed by atoms with Gasteiger partial charge in [-0.05, 0) is 18.2 Å². The van der Waals surface area contributed by atoms with E-state index >= 15 is 0 Å². The number of hydrogen-bond acceptors (Lipinski definition) is 2. The Morgan fingerprint density at radius 1 is 1.26 bits per heavy atom. The highest BCUT2D eigenvalue weighted by atomic mass is 19.1. The first-order chi connectivity index (χ1) is 9.09. The summed E-state index contributed by atoms with van der Waals surface area (Å²) in [6.07, 6.45) is 1.45. The molecule has 2 rings (SSSR count). The minimum atomic E-state index is -0.451. The van der Waals surface area contributed by atoms with Crippen LogP contribution in [0, 0.1) is 5.82 Å². The van der Waals surface area contributed by atoms with E-state index in [2.05, 4.69) is 4.98 Å². The van der Waals surface area contributed by atoms with Crippen molar-refractivity contribution in [2.75, 3.05) is 7.05 Å². The lowest BCUT2D eigenvalue weighted by atomic mass is 10.2. The number of aromatic amines is 1. The molecule has 2 aromatic rings. The number of benzene rings is 1. The van der Waals surface area contributed by atoms with Crippen molar-refractivity contribution in [3.05, 3.63) is 69.9 Å². The fourth-order valence-corrected chi connectivity index (χ4v) is 1.75. The largest absolute Gasteiger partial charge is 0.337 e. The number of aromatic nitrogens is 1. The highest BCUT2D eigenvalue weighted by Crippen LogP contribution is 2.10. The molecule has 0 radical (unpaired) electrons. The molecule has 19 heavy (non-hydrogen) atoms. The van der Waals surface area contributed by atoms with Crippen molar-refractivity contribution < 1.29 is 9.18 Å². The highest BCUT2D eigenvalue weighted by Gasteiger charge is 2.16. The molecule has 0 saturated heterocycles. The van der Waals surface area contributed by atoms with E-state index in [1.165, 1.54) is 30.3 Å². The molecule has 0 atom stereocenters. The van der Waals surface area contributed by atoms with Gasteiger partial charge in [0.05, 0.1) is 0 Å². The lowest BCUT2D eigenvalue weighted by Gasteiger charge is -2.17. The third-order valence-electron chi connectivity index (χ3n) is 2.76. The second kappa shape index (κ2) is 5.48. The first kappa shape index (κ1) is 13.0. The summed E-state index contributed by atoms with van der Waals surface area (Å²) in [5.41, 5.74) is -0.0000624. The molecular formula is C14H13FN2O2. The molecule has 0 fully saturated rings. The number of nitrogens with zero attached hydrogens (tertiary/aromatic N) is 1. The molecule has 0 aliphatic rings. The first-order valence-corrected chi connectivity index (χ1v) is 5.76. The molecule has 0 unspecified atom stereocenters. The third kappa shape index (κ3) is 2.88. The van der Waals surface area contributed by atoms with Crippen LogP contribution in [0.15, 0.2) is 47.4 Å². The Bertz CT molecular complexity index is 652. The van der Waals surface area contributed by atoms with Crippen molar-refractivity contribution in [1.29, 1.82) is 0 Å². The van der Waals surface area contributed by atoms with E-state index in [1.807, 2.05) is 0 Å². The molecule has 1 heterocycles. The fraction of sp³-hybridized carbons (Fsp3) is 0.143. The van der Waals surface area contributed by atoms with E-state index in [1.54, 1.807) is 24.3 Å². The van der Waals surface area contributed by atoms with Gasteiger partial charge in [0, 0.05) is 25.4 Å². The number of hydrogen-bond donors (Lipinski definition) is 1. The number of rotatable bonds is 3. The first-order valence-electron chi connectivity index (χ1n) is 5.76. The number of halogens is 1. The van der Waals surface area contributed by atoms with Crippen LogP contribution in [0.25, 0.3) is 0 Å². The van der Waals surface area contributed by atoms with Crippen LogP contribution in [-0.2, 0) is 6.54 Å². The Balaban J connectivity index is 2.19. The molecule has 1 aromatic carbocycles. The zero-order valence-electron chi connectivity index (χ0n) is 10.4. The van der Waals surface area contributed by atoms with Crippen molar-refractivity contribution in [2.24, 2.45) is 0 Å². The Kier molecular flexibility index (Phi) is 3.75. The van der Waals surface area contributed by atoms with E-state index in [-0.39, 0.29) is 17.9 Å². The minimum absolute atomic E-state index is 0.0429. The molecule has 0 saturated carbocycles. The zero-order chi connectivity index (χ0) is 13.8. The van der Waals surface area contributed by atoms with Crippen LogP contribution in [0.2, 0.25) is 0 Å². The molecule has 98 valence electrons. The second-order valence-electron chi connectivity index (χ2n) is 4.17. The number of nitrogens with one attached hydrogen (secondary N) is 1. The lowest BCUT2D eigenvalue weighted by molar-refractivity contribution is 0.0782. The van der Waals surface area contributed by atoms with Gasteiger partial charge in [-0.25, -0.2) is 4.39 Å². The van der Waals surface area contributed by atoms with Crippen LogP contribution in [-0.4, -0.2) is 22.8 Å². The van der Waals surface area contributed by atoms with Crippen LogP contribution < -0.4 is 5.56 Å². The Labute approximate surface area is 109 Å². The Morgan fingerprint density at radius 3 is 2.68 bits per heavy atom. The smallest absolute Gasteiger partial charge is 0.260 e. The predicted octanol–water partition coefficient (Wildman–Crippen LogP) is 1.79. The van der Waals surface area contributed by atoms with Gasteiger partial charge in [-0.2, -0.15) is 0 Å². The SMILES string of the molecule is CN(Cc1ccccc1F)C(=O)c1ccc[nH]c1=O. The number of H-pyrrole nitrogens is 1. The predicted molar refractivity (Wildman–Crippen MR) is 69.3 cm³/mol. The summed E-state index contributed by atoms with van der Waals surface area (Å²) in [6.45, 7) is 0.111. The average Bonchev–Trinajstić information content (AvgIpc) is 2.41. The molecule has 1 N–H and O–H groups in total. The molecule has 0 aliphatic carbocycles. The summed E-state index contributed by atoms with van der Waals surface area (Å²) >= 11 is 0. The second-order valence-corrected chi connectivity index (χ2v) is 4.17. The summed E-state index contributed by atoms with van der Waals surface area (Å²) in [5.74, 6) is -0.811. The van der Waals surface area contributed by atoms with Gasteiger partial charge in [0.15, 0.2) is 0 Å². The van der Waals surface area contributed by atoms with Crippen LogP contribution in [0.1, 0.15) is 15.9 Å². The van der Waals surface area contributed by atoms with Crippen molar-refractivity contribution in [1.82, 2.24) is 9.88 Å². The average molecular weight is 260 g/mol. The van der Waals surface area contributed by atoms with Gasteiger partial charge >= 0.3 is 0 Å². The van der Waals surface area contributed by atoms with Crippen molar-refractivity contribution in [2.45, 2.75) is 6.54 Å². The third-order valence-corrected chi connectivity index (χ3v) is 2.76. The molecule has 0 spiro atoms. The van der Waals surface area contributed by atoms with Crippen LogP contribution >= 0.6 is 0 Å². The summed E-state index contributed by atoms with van der Waals surface area (Å²) in [7, 11) is 1.53. The maximum atomic E-state index is 13.5. The normalized spacial score (nSPS) is 10.2. The van der Waals surface area contributed by atoms with Gasteiger partial charge in [0.1, 0.15) is 11.4 Å². The van der Waals surface area contributed by atoms with Gasteiger partial charge in [-0.3, -0.25) is 9.59 Å². The molecule has 1 aromatic heterocycles. The molecule has 1 amide bonds. The van der Waals surface area contributed by atoms with Gasteiger partial charge in [-0.1, -0.05) is 18.2 Å². The quantitative estimate of drug-likeness (QED) is 0.914. The van der Waals surface area contributed by atoms with E-state index in [4.69, 9.17) is 0 Å². The molecule has 0 bridgehead atoms. The number of pyridine rings is 1. The molecule has 5 heteroatoms. The number of amides is 1. The summed E-state index contributed by atoms with van der Waals surface area (Å²) in [6, 6.07) is 9.25. The Hall–Kier alpha value is -2.43. The maximum Gasteiger partial charge on any atom is 0.260 e.